The van der Waals surface area contributed by atoms with Crippen molar-refractivity contribution in [3.8, 4) is 6.07 Å². The van der Waals surface area contributed by atoms with Crippen molar-refractivity contribution in [3.05, 3.63) is 72.4 Å². The number of benzene rings is 1. The number of carbonyl (C=O) groups is 2. The van der Waals surface area contributed by atoms with E-state index in [1.54, 1.807) is 6.08 Å². The van der Waals surface area contributed by atoms with Crippen molar-refractivity contribution in [2.45, 2.75) is 65.0 Å². The minimum absolute atomic E-state index is 0.113. The molecule has 1 atom stereocenters. The van der Waals surface area contributed by atoms with Crippen LogP contribution in [0.1, 0.15) is 64.5 Å². The van der Waals surface area contributed by atoms with E-state index in [-0.39, 0.29) is 18.1 Å². The predicted octanol–water partition coefficient (Wildman–Crippen LogP) is 6.56. The first kappa shape index (κ1) is 32.5. The van der Waals surface area contributed by atoms with E-state index >= 15 is 0 Å². The van der Waals surface area contributed by atoms with E-state index in [4.69, 9.17) is 10.00 Å². The molecule has 0 spiro atoms. The first-order valence-electron chi connectivity index (χ1n) is 13.2. The molecule has 9 heteroatoms. The zero-order valence-corrected chi connectivity index (χ0v) is 22.6. The van der Waals surface area contributed by atoms with Crippen molar-refractivity contribution in [1.82, 2.24) is 15.5 Å². The van der Waals surface area contributed by atoms with Crippen molar-refractivity contribution in [3.63, 3.8) is 0 Å². The molecule has 3 rings (SSSR count). The molecule has 1 aromatic carbocycles. The fourth-order valence-corrected chi connectivity index (χ4v) is 3.93. The molecule has 1 saturated carbocycles. The minimum Gasteiger partial charge on any atom is -0.446 e. The number of hydrogen-bond acceptors (Lipinski definition) is 5. The summed E-state index contributed by atoms with van der Waals surface area (Å²) >= 11 is 0. The molecule has 208 valence electrons. The smallest absolute Gasteiger partial charge is 0.418 e. The number of amides is 3. The van der Waals surface area contributed by atoms with Crippen LogP contribution in [0.5, 0.6) is 0 Å². The van der Waals surface area contributed by atoms with E-state index in [9.17, 15) is 18.4 Å². The highest BCUT2D eigenvalue weighted by Crippen LogP contribution is 2.28. The Morgan fingerprint density at radius 3 is 2.47 bits per heavy atom. The largest absolute Gasteiger partial charge is 0.446 e. The third-order valence-electron chi connectivity index (χ3n) is 5.89. The average molecular weight is 531 g/mol. The maximum absolute atomic E-state index is 13.5. The van der Waals surface area contributed by atoms with Crippen LogP contribution in [0.3, 0.4) is 0 Å². The highest BCUT2D eigenvalue weighted by atomic mass is 19.2. The van der Waals surface area contributed by atoms with Crippen molar-refractivity contribution in [2.24, 2.45) is 5.92 Å². The summed E-state index contributed by atoms with van der Waals surface area (Å²) in [6.45, 7) is 10.4. The Labute approximate surface area is 225 Å². The second-order valence-corrected chi connectivity index (χ2v) is 8.46. The van der Waals surface area contributed by atoms with Gasteiger partial charge in [0.25, 0.3) is 0 Å². The van der Waals surface area contributed by atoms with Crippen LogP contribution in [0, 0.1) is 28.9 Å². The third kappa shape index (κ3) is 10.9. The number of rotatable bonds is 8. The number of cyclic esters (lactones) is 1. The molecule has 1 heterocycles. The van der Waals surface area contributed by atoms with Crippen molar-refractivity contribution in [2.75, 3.05) is 19.7 Å². The van der Waals surface area contributed by atoms with E-state index in [1.807, 2.05) is 32.1 Å². The second-order valence-electron chi connectivity index (χ2n) is 8.46. The highest BCUT2D eigenvalue weighted by Gasteiger charge is 2.39. The molecule has 7 nitrogen and oxygen atoms in total. The van der Waals surface area contributed by atoms with Gasteiger partial charge in [-0.1, -0.05) is 63.8 Å². The van der Waals surface area contributed by atoms with Gasteiger partial charge in [-0.25, -0.2) is 23.3 Å². The van der Waals surface area contributed by atoms with Crippen LogP contribution in [0.4, 0.5) is 18.4 Å². The van der Waals surface area contributed by atoms with Gasteiger partial charge in [-0.05, 0) is 49.8 Å². The quantitative estimate of drug-likeness (QED) is 0.293. The standard InChI is InChI=1S/C19H22F2N4O3.C8H12.C2H6/c20-15-6-3-13(9-16(15)21)17-11-28-19(27)25(17)18(26)24-8-7-23-14-4-1-12(10-22)2-5-14;1-3-5-7-8-6-4-2;1-2/h3,6,9,12,14,17,23H,1-2,4-5,7-8,11H2,(H,24,26);3,5-8H,1,4H2,2H3;1-2H3/b;7-5-,8-6-;/t12?,14?,17-;;/m0../s1. The van der Waals surface area contributed by atoms with Crippen molar-refractivity contribution >= 4 is 12.1 Å². The lowest BCUT2D eigenvalue weighted by Crippen LogP contribution is -2.45. The molecule has 0 radical (unpaired) electrons. The lowest BCUT2D eigenvalue weighted by atomic mass is 9.87. The Balaban J connectivity index is 0.000000620. The molecule has 0 aromatic heterocycles. The zero-order chi connectivity index (χ0) is 28.3. The SMILES string of the molecule is C=C/C=C\C=C/CC.CC.N#CC1CCC(NCCNC(=O)N2C(=O)OC[C@H]2c2ccc(F)c(F)c2)CC1. The fraction of sp³-hybridized carbons (Fsp3) is 0.483. The number of halogens is 2. The molecule has 3 amide bonds. The van der Waals surface area contributed by atoms with Gasteiger partial charge in [0.1, 0.15) is 12.6 Å². The number of carbonyl (C=O) groups excluding carboxylic acids is 2. The van der Waals surface area contributed by atoms with Gasteiger partial charge >= 0.3 is 12.1 Å². The van der Waals surface area contributed by atoms with Gasteiger partial charge in [0.15, 0.2) is 11.6 Å². The molecule has 0 bridgehead atoms. The second kappa shape index (κ2) is 18.7. The number of urea groups is 1. The van der Waals surface area contributed by atoms with Crippen LogP contribution in [0.25, 0.3) is 0 Å². The first-order valence-corrected chi connectivity index (χ1v) is 13.2. The van der Waals surface area contributed by atoms with Gasteiger partial charge in [0, 0.05) is 25.0 Å². The minimum atomic E-state index is -1.05. The summed E-state index contributed by atoms with van der Waals surface area (Å²) in [6, 6.07) is 4.38. The number of nitriles is 1. The summed E-state index contributed by atoms with van der Waals surface area (Å²) in [4.78, 5) is 25.2. The van der Waals surface area contributed by atoms with Gasteiger partial charge in [-0.15, -0.1) is 0 Å². The Morgan fingerprint density at radius 2 is 1.87 bits per heavy atom. The molecule has 0 unspecified atom stereocenters. The van der Waals surface area contributed by atoms with Crippen LogP contribution in [-0.2, 0) is 4.74 Å². The van der Waals surface area contributed by atoms with Crippen LogP contribution in [0.2, 0.25) is 0 Å². The van der Waals surface area contributed by atoms with Crippen molar-refractivity contribution < 1.29 is 23.1 Å². The van der Waals surface area contributed by atoms with Gasteiger partial charge in [-0.3, -0.25) is 0 Å². The van der Waals surface area contributed by atoms with E-state index < -0.39 is 29.8 Å². The summed E-state index contributed by atoms with van der Waals surface area (Å²) in [6.07, 6.45) is 13.6. The van der Waals surface area contributed by atoms with E-state index in [0.717, 1.165) is 49.1 Å². The summed E-state index contributed by atoms with van der Waals surface area (Å²) < 4.78 is 31.5. The summed E-state index contributed by atoms with van der Waals surface area (Å²) in [5.74, 6) is -1.92. The van der Waals surface area contributed by atoms with Crippen molar-refractivity contribution in [1.29, 1.82) is 5.26 Å². The monoisotopic (exact) mass is 530 g/mol. The average Bonchev–Trinajstić information content (AvgIpc) is 3.33. The summed E-state index contributed by atoms with van der Waals surface area (Å²) in [5, 5.41) is 14.9. The van der Waals surface area contributed by atoms with Crippen LogP contribution in [0.15, 0.2) is 55.2 Å². The molecule has 1 saturated heterocycles. The topological polar surface area (TPSA) is 94.5 Å². The van der Waals surface area contributed by atoms with Gasteiger partial charge in [0.2, 0.25) is 0 Å². The number of nitrogens with zero attached hydrogens (tertiary/aromatic N) is 2. The predicted molar refractivity (Wildman–Crippen MR) is 145 cm³/mol. The Bertz CT molecular complexity index is 983. The number of nitrogens with one attached hydrogen (secondary N) is 2. The maximum atomic E-state index is 13.5. The first-order chi connectivity index (χ1) is 18.4. The Hall–Kier alpha value is -3.51. The summed E-state index contributed by atoms with van der Waals surface area (Å²) in [7, 11) is 0. The molecular weight excluding hydrogens is 490 g/mol. The number of hydrogen-bond donors (Lipinski definition) is 2. The molecular formula is C29H40F2N4O3. The number of ether oxygens (including phenoxy) is 1. The molecule has 38 heavy (non-hydrogen) atoms. The molecule has 2 N–H and O–H groups in total. The van der Waals surface area contributed by atoms with E-state index in [2.05, 4.69) is 36.3 Å². The molecule has 2 aliphatic rings. The molecule has 2 fully saturated rings. The van der Waals surface area contributed by atoms with E-state index in [1.165, 1.54) is 6.07 Å². The molecule has 1 aliphatic carbocycles. The maximum Gasteiger partial charge on any atom is 0.418 e. The van der Waals surface area contributed by atoms with Gasteiger partial charge in [0.05, 0.1) is 6.07 Å². The van der Waals surface area contributed by atoms with Crippen LogP contribution < -0.4 is 10.6 Å². The Morgan fingerprint density at radius 1 is 1.16 bits per heavy atom. The Kier molecular flexibility index (Phi) is 16.0. The normalized spacial score (nSPS) is 20.6. The lowest BCUT2D eigenvalue weighted by Gasteiger charge is -2.26. The fourth-order valence-electron chi connectivity index (χ4n) is 3.93. The van der Waals surface area contributed by atoms with Crippen LogP contribution >= 0.6 is 0 Å². The number of allylic oxidation sites excluding steroid dienone is 5. The third-order valence-corrected chi connectivity index (χ3v) is 5.89. The lowest BCUT2D eigenvalue weighted by molar-refractivity contribution is 0.158. The highest BCUT2D eigenvalue weighted by molar-refractivity contribution is 5.92. The molecule has 1 aliphatic heterocycles. The van der Waals surface area contributed by atoms with Gasteiger partial charge < -0.3 is 15.4 Å². The number of imide groups is 1. The summed E-state index contributed by atoms with van der Waals surface area (Å²) in [5.41, 5.74) is 0.285. The van der Waals surface area contributed by atoms with Crippen LogP contribution in [-0.4, -0.2) is 42.8 Å². The zero-order valence-electron chi connectivity index (χ0n) is 22.6. The molecule has 1 aromatic rings. The van der Waals surface area contributed by atoms with E-state index in [0.29, 0.717) is 19.1 Å². The van der Waals surface area contributed by atoms with Gasteiger partial charge in [-0.2, -0.15) is 5.26 Å².